The van der Waals surface area contributed by atoms with Crippen LogP contribution >= 0.6 is 0 Å². The van der Waals surface area contributed by atoms with Crippen LogP contribution in [0, 0.1) is 13.8 Å². The summed E-state index contributed by atoms with van der Waals surface area (Å²) in [6.07, 6.45) is 0.189. The highest BCUT2D eigenvalue weighted by Gasteiger charge is 2.13. The Morgan fingerprint density at radius 3 is 2.62 bits per heavy atom. The number of imidazole rings is 1. The lowest BCUT2D eigenvalue weighted by molar-refractivity contribution is -0.137. The molecule has 0 unspecified atom stereocenters. The van der Waals surface area contributed by atoms with Crippen molar-refractivity contribution in [3.63, 3.8) is 0 Å². The summed E-state index contributed by atoms with van der Waals surface area (Å²) in [5, 5.41) is 8.93. The SMILES string of the molecule is Cc1cc2nc(COC(C)C)n(CCC(=O)O)c2cc1C. The maximum absolute atomic E-state index is 10.9. The molecule has 0 fully saturated rings. The fourth-order valence-corrected chi connectivity index (χ4v) is 2.24. The van der Waals surface area contributed by atoms with Crippen LogP contribution < -0.4 is 0 Å². The Bertz CT molecular complexity index is 659. The van der Waals surface area contributed by atoms with Crippen molar-refractivity contribution in [3.05, 3.63) is 29.1 Å². The van der Waals surface area contributed by atoms with Gasteiger partial charge in [-0.15, -0.1) is 0 Å². The number of aryl methyl sites for hydroxylation is 3. The predicted molar refractivity (Wildman–Crippen MR) is 81.4 cm³/mol. The smallest absolute Gasteiger partial charge is 0.305 e. The molecule has 2 aromatic rings. The number of hydrogen-bond acceptors (Lipinski definition) is 3. The molecule has 5 nitrogen and oxygen atoms in total. The maximum atomic E-state index is 10.9. The highest BCUT2D eigenvalue weighted by Crippen LogP contribution is 2.22. The van der Waals surface area contributed by atoms with E-state index in [0.717, 1.165) is 16.9 Å². The molecule has 0 saturated carbocycles. The monoisotopic (exact) mass is 290 g/mol. The third-order valence-electron chi connectivity index (χ3n) is 3.54. The lowest BCUT2D eigenvalue weighted by atomic mass is 10.1. The number of fused-ring (bicyclic) bond motifs is 1. The largest absolute Gasteiger partial charge is 0.481 e. The van der Waals surface area contributed by atoms with Crippen molar-refractivity contribution in [2.45, 2.75) is 53.4 Å². The number of carbonyl (C=O) groups is 1. The van der Waals surface area contributed by atoms with Crippen LogP contribution in [0.15, 0.2) is 12.1 Å². The van der Waals surface area contributed by atoms with Gasteiger partial charge in [-0.1, -0.05) is 0 Å². The summed E-state index contributed by atoms with van der Waals surface area (Å²) in [6, 6.07) is 4.11. The molecule has 2 rings (SSSR count). The van der Waals surface area contributed by atoms with Gasteiger partial charge in [-0.2, -0.15) is 0 Å². The van der Waals surface area contributed by atoms with Gasteiger partial charge < -0.3 is 14.4 Å². The van der Waals surface area contributed by atoms with Gasteiger partial charge in [0.25, 0.3) is 0 Å². The lowest BCUT2D eigenvalue weighted by Crippen LogP contribution is -2.11. The fraction of sp³-hybridized carbons (Fsp3) is 0.500. The van der Waals surface area contributed by atoms with Gasteiger partial charge in [-0.3, -0.25) is 4.79 Å². The quantitative estimate of drug-likeness (QED) is 0.888. The van der Waals surface area contributed by atoms with Gasteiger partial charge in [0, 0.05) is 6.54 Å². The maximum Gasteiger partial charge on any atom is 0.305 e. The van der Waals surface area contributed by atoms with Crippen molar-refractivity contribution in [3.8, 4) is 0 Å². The molecule has 0 aliphatic rings. The molecular formula is C16H22N2O3. The van der Waals surface area contributed by atoms with E-state index in [4.69, 9.17) is 9.84 Å². The zero-order valence-corrected chi connectivity index (χ0v) is 13.0. The molecule has 1 N–H and O–H groups in total. The molecule has 1 aromatic carbocycles. The Morgan fingerprint density at radius 2 is 2.00 bits per heavy atom. The van der Waals surface area contributed by atoms with Crippen LogP contribution in [-0.4, -0.2) is 26.7 Å². The first-order valence-electron chi connectivity index (χ1n) is 7.18. The Labute approximate surface area is 124 Å². The van der Waals surface area contributed by atoms with E-state index in [1.54, 1.807) is 0 Å². The summed E-state index contributed by atoms with van der Waals surface area (Å²) in [4.78, 5) is 15.5. The zero-order valence-electron chi connectivity index (χ0n) is 13.0. The number of carboxylic acid groups (broad SMARTS) is 1. The van der Waals surface area contributed by atoms with Crippen molar-refractivity contribution in [1.82, 2.24) is 9.55 Å². The van der Waals surface area contributed by atoms with Crippen molar-refractivity contribution in [2.24, 2.45) is 0 Å². The second-order valence-corrected chi connectivity index (χ2v) is 5.61. The van der Waals surface area contributed by atoms with Crippen molar-refractivity contribution in [2.75, 3.05) is 0 Å². The number of benzene rings is 1. The topological polar surface area (TPSA) is 64.4 Å². The summed E-state index contributed by atoms with van der Waals surface area (Å²) in [6.45, 7) is 8.84. The molecule has 0 aliphatic carbocycles. The van der Waals surface area contributed by atoms with Crippen LogP contribution in [0.25, 0.3) is 11.0 Å². The fourth-order valence-electron chi connectivity index (χ4n) is 2.24. The molecular weight excluding hydrogens is 268 g/mol. The number of ether oxygens (including phenoxy) is 1. The van der Waals surface area contributed by atoms with E-state index < -0.39 is 5.97 Å². The van der Waals surface area contributed by atoms with Gasteiger partial charge in [0.2, 0.25) is 0 Å². The highest BCUT2D eigenvalue weighted by molar-refractivity contribution is 5.78. The van der Waals surface area contributed by atoms with Gasteiger partial charge in [0.15, 0.2) is 0 Å². The van der Waals surface area contributed by atoms with E-state index in [1.807, 2.05) is 31.4 Å². The molecule has 0 aliphatic heterocycles. The minimum Gasteiger partial charge on any atom is -0.481 e. The summed E-state index contributed by atoms with van der Waals surface area (Å²) in [7, 11) is 0. The van der Waals surface area contributed by atoms with E-state index in [-0.39, 0.29) is 12.5 Å². The Hall–Kier alpha value is -1.88. The Balaban J connectivity index is 2.43. The number of carboxylic acids is 1. The van der Waals surface area contributed by atoms with Crippen LogP contribution in [0.2, 0.25) is 0 Å². The average molecular weight is 290 g/mol. The first kappa shape index (κ1) is 15.5. The van der Waals surface area contributed by atoms with Gasteiger partial charge in [0.1, 0.15) is 12.4 Å². The van der Waals surface area contributed by atoms with E-state index in [2.05, 4.69) is 18.0 Å². The highest BCUT2D eigenvalue weighted by atomic mass is 16.5. The van der Waals surface area contributed by atoms with Crippen molar-refractivity contribution < 1.29 is 14.6 Å². The predicted octanol–water partition coefficient (Wildman–Crippen LogP) is 3.05. The minimum absolute atomic E-state index is 0.0765. The van der Waals surface area contributed by atoms with Crippen LogP contribution in [0.1, 0.15) is 37.2 Å². The molecule has 0 amide bonds. The summed E-state index contributed by atoms with van der Waals surface area (Å²) in [5.41, 5.74) is 4.23. The third kappa shape index (κ3) is 3.61. The van der Waals surface area contributed by atoms with Gasteiger partial charge in [-0.25, -0.2) is 4.98 Å². The molecule has 0 saturated heterocycles. The normalized spacial score (nSPS) is 11.5. The zero-order chi connectivity index (χ0) is 15.6. The molecule has 1 aromatic heterocycles. The molecule has 0 spiro atoms. The van der Waals surface area contributed by atoms with Crippen molar-refractivity contribution in [1.29, 1.82) is 0 Å². The van der Waals surface area contributed by atoms with Gasteiger partial charge >= 0.3 is 5.97 Å². The minimum atomic E-state index is -0.809. The van der Waals surface area contributed by atoms with Gasteiger partial charge in [0.05, 0.1) is 23.6 Å². The van der Waals surface area contributed by atoms with Crippen LogP contribution in [-0.2, 0) is 22.7 Å². The number of hydrogen-bond donors (Lipinski definition) is 1. The molecule has 1 heterocycles. The molecule has 5 heteroatoms. The number of rotatable bonds is 6. The first-order chi connectivity index (χ1) is 9.88. The van der Waals surface area contributed by atoms with E-state index in [9.17, 15) is 4.79 Å². The van der Waals surface area contributed by atoms with E-state index in [1.165, 1.54) is 11.1 Å². The number of aliphatic carboxylic acids is 1. The number of aromatic nitrogens is 2. The summed E-state index contributed by atoms with van der Waals surface area (Å²) >= 11 is 0. The van der Waals surface area contributed by atoms with E-state index in [0.29, 0.717) is 13.2 Å². The lowest BCUT2D eigenvalue weighted by Gasteiger charge is -2.10. The summed E-state index contributed by atoms with van der Waals surface area (Å²) in [5.74, 6) is -0.0265. The number of nitrogens with zero attached hydrogens (tertiary/aromatic N) is 2. The molecule has 0 bridgehead atoms. The molecule has 0 radical (unpaired) electrons. The Kier molecular flexibility index (Phi) is 4.63. The van der Waals surface area contributed by atoms with Crippen LogP contribution in [0.3, 0.4) is 0 Å². The second kappa shape index (κ2) is 6.26. The molecule has 0 atom stereocenters. The Morgan fingerprint density at radius 1 is 1.33 bits per heavy atom. The molecule has 21 heavy (non-hydrogen) atoms. The summed E-state index contributed by atoms with van der Waals surface area (Å²) < 4.78 is 7.59. The average Bonchev–Trinajstić information content (AvgIpc) is 2.71. The molecule has 114 valence electrons. The van der Waals surface area contributed by atoms with Crippen LogP contribution in [0.5, 0.6) is 0 Å². The second-order valence-electron chi connectivity index (χ2n) is 5.61. The van der Waals surface area contributed by atoms with Gasteiger partial charge in [-0.05, 0) is 51.0 Å². The van der Waals surface area contributed by atoms with Crippen LogP contribution in [0.4, 0.5) is 0 Å². The third-order valence-corrected chi connectivity index (χ3v) is 3.54. The van der Waals surface area contributed by atoms with E-state index >= 15 is 0 Å². The van der Waals surface area contributed by atoms with Crippen molar-refractivity contribution >= 4 is 17.0 Å². The standard InChI is InChI=1S/C16H22N2O3/c1-10(2)21-9-15-17-13-7-11(3)12(4)8-14(13)18(15)6-5-16(19)20/h7-8,10H,5-6,9H2,1-4H3,(H,19,20). The first-order valence-corrected chi connectivity index (χ1v) is 7.18.